The average Bonchev–Trinajstić information content (AvgIpc) is 3.26. The lowest BCUT2D eigenvalue weighted by atomic mass is 10.0. The molecule has 3 aromatic heterocycles. The van der Waals surface area contributed by atoms with Gasteiger partial charge in [-0.2, -0.15) is 0 Å². The quantitative estimate of drug-likeness (QED) is 0.773. The highest BCUT2D eigenvalue weighted by Crippen LogP contribution is 2.48. The van der Waals surface area contributed by atoms with Gasteiger partial charge in [-0.05, 0) is 33.7 Å². The van der Waals surface area contributed by atoms with Gasteiger partial charge in [0.15, 0.2) is 0 Å². The molecule has 4 heterocycles. The molecule has 7 nitrogen and oxygen atoms in total. The van der Waals surface area contributed by atoms with Gasteiger partial charge < -0.3 is 14.8 Å². The summed E-state index contributed by atoms with van der Waals surface area (Å²) < 4.78 is 8.06. The maximum absolute atomic E-state index is 6.28. The second-order valence-electron chi connectivity index (χ2n) is 7.56. The summed E-state index contributed by atoms with van der Waals surface area (Å²) in [4.78, 5) is 11.1. The zero-order valence-electron chi connectivity index (χ0n) is 14.8. The Balaban J connectivity index is 1.90. The Labute approximate surface area is 145 Å². The molecule has 0 atom stereocenters. The van der Waals surface area contributed by atoms with Crippen molar-refractivity contribution < 1.29 is 4.52 Å². The Morgan fingerprint density at radius 2 is 2.04 bits per heavy atom. The van der Waals surface area contributed by atoms with E-state index in [0.29, 0.717) is 11.7 Å². The van der Waals surface area contributed by atoms with E-state index in [1.165, 1.54) is 24.1 Å². The second kappa shape index (κ2) is 5.05. The van der Waals surface area contributed by atoms with Crippen LogP contribution < -0.4 is 5.73 Å². The van der Waals surface area contributed by atoms with E-state index >= 15 is 0 Å². The lowest BCUT2D eigenvalue weighted by Gasteiger charge is -2.18. The van der Waals surface area contributed by atoms with Gasteiger partial charge in [-0.1, -0.05) is 5.16 Å². The van der Waals surface area contributed by atoms with Crippen LogP contribution in [0.25, 0.3) is 22.3 Å². The Bertz CT molecular complexity index is 981. The molecular weight excluding hydrogens is 316 g/mol. The fourth-order valence-corrected chi connectivity index (χ4v) is 4.09. The van der Waals surface area contributed by atoms with Crippen molar-refractivity contribution in [2.45, 2.75) is 51.7 Å². The maximum Gasteiger partial charge on any atom is 0.146 e. The molecule has 1 fully saturated rings. The van der Waals surface area contributed by atoms with Crippen molar-refractivity contribution in [3.8, 4) is 11.3 Å². The summed E-state index contributed by atoms with van der Waals surface area (Å²) in [6.07, 6.45) is 3.92. The first-order chi connectivity index (χ1) is 12.1. The van der Waals surface area contributed by atoms with Gasteiger partial charge in [0.2, 0.25) is 0 Å². The molecule has 25 heavy (non-hydrogen) atoms. The van der Waals surface area contributed by atoms with Crippen molar-refractivity contribution >= 4 is 16.9 Å². The smallest absolute Gasteiger partial charge is 0.146 e. The van der Waals surface area contributed by atoms with Crippen molar-refractivity contribution in [3.05, 3.63) is 23.3 Å². The highest BCUT2D eigenvalue weighted by Gasteiger charge is 2.37. The monoisotopic (exact) mass is 338 g/mol. The van der Waals surface area contributed by atoms with Gasteiger partial charge >= 0.3 is 0 Å². The van der Waals surface area contributed by atoms with Crippen LogP contribution in [0.2, 0.25) is 0 Å². The Morgan fingerprint density at radius 1 is 1.24 bits per heavy atom. The maximum atomic E-state index is 6.28. The van der Waals surface area contributed by atoms with Crippen LogP contribution in [-0.4, -0.2) is 31.6 Å². The van der Waals surface area contributed by atoms with E-state index in [2.05, 4.69) is 45.5 Å². The molecule has 3 aromatic rings. The van der Waals surface area contributed by atoms with Crippen LogP contribution in [-0.2, 0) is 13.1 Å². The van der Waals surface area contributed by atoms with E-state index in [1.54, 1.807) is 6.33 Å². The summed E-state index contributed by atoms with van der Waals surface area (Å²) in [6.45, 7) is 6.00. The van der Waals surface area contributed by atoms with Crippen LogP contribution in [0, 0.1) is 0 Å². The van der Waals surface area contributed by atoms with Crippen LogP contribution in [0.4, 0.5) is 5.82 Å². The molecule has 2 aliphatic rings. The lowest BCUT2D eigenvalue weighted by molar-refractivity contribution is 0.305. The molecule has 0 aromatic carbocycles. The number of anilines is 1. The molecule has 0 bridgehead atoms. The summed E-state index contributed by atoms with van der Waals surface area (Å²) in [5.41, 5.74) is 11.5. The summed E-state index contributed by atoms with van der Waals surface area (Å²) in [5.74, 6) is 2.08. The second-order valence-corrected chi connectivity index (χ2v) is 7.56. The predicted molar refractivity (Wildman–Crippen MR) is 95.0 cm³/mol. The van der Waals surface area contributed by atoms with Gasteiger partial charge in [0.05, 0.1) is 5.39 Å². The minimum Gasteiger partial charge on any atom is -0.383 e. The number of nitrogens with two attached hydrogens (primary N) is 1. The Morgan fingerprint density at radius 3 is 2.76 bits per heavy atom. The first-order valence-corrected chi connectivity index (χ1v) is 8.86. The molecule has 0 radical (unpaired) electrons. The molecule has 7 heteroatoms. The molecule has 1 aliphatic heterocycles. The SMILES string of the molecule is CC(C)n1c2c(c3c(N)ncnc31)-c1noc(C3CC3)c1CN(C)C2. The number of nitrogen functional groups attached to an aromatic ring is 1. The number of hydrogen-bond acceptors (Lipinski definition) is 6. The third-order valence-electron chi connectivity index (χ3n) is 5.28. The number of hydrogen-bond donors (Lipinski definition) is 1. The highest BCUT2D eigenvalue weighted by atomic mass is 16.5. The Kier molecular flexibility index (Phi) is 3.01. The average molecular weight is 338 g/mol. The first kappa shape index (κ1) is 14.9. The molecule has 0 amide bonds. The normalized spacial score (nSPS) is 17.8. The van der Waals surface area contributed by atoms with E-state index < -0.39 is 0 Å². The van der Waals surface area contributed by atoms with E-state index in [0.717, 1.165) is 41.1 Å². The third kappa shape index (κ3) is 2.05. The van der Waals surface area contributed by atoms with Gasteiger partial charge in [-0.3, -0.25) is 4.90 Å². The fourth-order valence-electron chi connectivity index (χ4n) is 4.09. The molecule has 1 saturated carbocycles. The van der Waals surface area contributed by atoms with E-state index in [4.69, 9.17) is 10.3 Å². The molecule has 1 aliphatic carbocycles. The molecule has 0 unspecified atom stereocenters. The number of rotatable bonds is 2. The molecule has 0 saturated heterocycles. The molecule has 130 valence electrons. The minimum absolute atomic E-state index is 0.269. The highest BCUT2D eigenvalue weighted by molar-refractivity contribution is 6.02. The summed E-state index contributed by atoms with van der Waals surface area (Å²) in [5, 5.41) is 5.39. The van der Waals surface area contributed by atoms with Crippen molar-refractivity contribution in [2.24, 2.45) is 0 Å². The van der Waals surface area contributed by atoms with Crippen LogP contribution >= 0.6 is 0 Å². The lowest BCUT2D eigenvalue weighted by Crippen LogP contribution is -2.19. The number of fused-ring (bicyclic) bond motifs is 5. The van der Waals surface area contributed by atoms with Crippen LogP contribution in [0.5, 0.6) is 0 Å². The minimum atomic E-state index is 0.269. The molecule has 5 rings (SSSR count). The number of nitrogens with zero attached hydrogens (tertiary/aromatic N) is 5. The van der Waals surface area contributed by atoms with E-state index in [9.17, 15) is 0 Å². The predicted octanol–water partition coefficient (Wildman–Crippen LogP) is 3.07. The largest absolute Gasteiger partial charge is 0.383 e. The topological polar surface area (TPSA) is 86.0 Å². The van der Waals surface area contributed by atoms with Crippen molar-refractivity contribution in [1.82, 2.24) is 24.6 Å². The third-order valence-corrected chi connectivity index (χ3v) is 5.28. The molecule has 0 spiro atoms. The zero-order valence-corrected chi connectivity index (χ0v) is 14.8. The van der Waals surface area contributed by atoms with E-state index in [1.807, 2.05) is 0 Å². The van der Waals surface area contributed by atoms with E-state index in [-0.39, 0.29) is 6.04 Å². The van der Waals surface area contributed by atoms with Gasteiger partial charge in [0, 0.05) is 41.9 Å². The molecular formula is C18H22N6O. The fraction of sp³-hybridized carbons (Fsp3) is 0.500. The molecule has 2 N–H and O–H groups in total. The summed E-state index contributed by atoms with van der Waals surface area (Å²) in [6, 6.07) is 0.269. The van der Waals surface area contributed by atoms with Crippen LogP contribution in [0.1, 0.15) is 55.7 Å². The van der Waals surface area contributed by atoms with Crippen LogP contribution in [0.15, 0.2) is 10.9 Å². The zero-order chi connectivity index (χ0) is 17.3. The van der Waals surface area contributed by atoms with Gasteiger partial charge in [-0.25, -0.2) is 9.97 Å². The van der Waals surface area contributed by atoms with Gasteiger partial charge in [-0.15, -0.1) is 0 Å². The number of aromatic nitrogens is 4. The van der Waals surface area contributed by atoms with Gasteiger partial charge in [0.1, 0.15) is 29.2 Å². The summed E-state index contributed by atoms with van der Waals surface area (Å²) in [7, 11) is 2.14. The Hall–Kier alpha value is -2.41. The van der Waals surface area contributed by atoms with Crippen molar-refractivity contribution in [1.29, 1.82) is 0 Å². The standard InChI is InChI=1S/C18H22N6O/c1-9(2)24-12-7-23(3)6-11-15(22-25-16(11)10-4-5-10)13(12)14-17(19)20-8-21-18(14)24/h8-10H,4-7H2,1-3H3,(H2,19,20,21). The summed E-state index contributed by atoms with van der Waals surface area (Å²) >= 11 is 0. The van der Waals surface area contributed by atoms with Crippen LogP contribution in [0.3, 0.4) is 0 Å². The van der Waals surface area contributed by atoms with Crippen molar-refractivity contribution in [3.63, 3.8) is 0 Å². The first-order valence-electron chi connectivity index (χ1n) is 8.86. The van der Waals surface area contributed by atoms with Gasteiger partial charge in [0.25, 0.3) is 0 Å². The van der Waals surface area contributed by atoms with Crippen molar-refractivity contribution in [2.75, 3.05) is 12.8 Å².